The highest BCUT2D eigenvalue weighted by Gasteiger charge is 2.14. The zero-order valence-corrected chi connectivity index (χ0v) is 23.3. The molecule has 0 spiro atoms. The summed E-state index contributed by atoms with van der Waals surface area (Å²) in [4.78, 5) is 13.0. The van der Waals surface area contributed by atoms with Crippen molar-refractivity contribution in [3.8, 4) is 16.9 Å². The molecule has 0 saturated heterocycles. The molecule has 0 aliphatic heterocycles. The van der Waals surface area contributed by atoms with Gasteiger partial charge in [-0.15, -0.1) is 12.4 Å². The monoisotopic (exact) mass is 516 g/mol. The molecular formula is C31H49ClN2O2. The zero-order valence-electron chi connectivity index (χ0n) is 22.4. The standard InChI is InChI=1S/C31H48N2O2.ClH/c1-2-3-4-5-6-7-8-9-12-18-25-35-30-22-21-28(27-19-14-13-15-20-27)26-29(30)31(34)33-24-17-11-10-16-23-32;/h13-15,19-22,26H,2-12,16-18,23-25,32H2,1H3,(H,33,34);1H. The maximum Gasteiger partial charge on any atom is 0.255 e. The SMILES string of the molecule is CCCCCCCCCCCCOc1ccc(-c2ccccc2)cc1C(=O)NCCCCCCN.Cl. The van der Waals surface area contributed by atoms with E-state index in [2.05, 4.69) is 24.4 Å². The van der Waals surface area contributed by atoms with Gasteiger partial charge in [0.25, 0.3) is 5.91 Å². The van der Waals surface area contributed by atoms with Crippen molar-refractivity contribution in [3.05, 3.63) is 54.1 Å². The number of halogens is 1. The van der Waals surface area contributed by atoms with Gasteiger partial charge in [-0.1, -0.05) is 114 Å². The smallest absolute Gasteiger partial charge is 0.255 e. The lowest BCUT2D eigenvalue weighted by Crippen LogP contribution is -2.25. The van der Waals surface area contributed by atoms with Gasteiger partial charge in [-0.25, -0.2) is 0 Å². The molecule has 0 aliphatic rings. The van der Waals surface area contributed by atoms with E-state index in [4.69, 9.17) is 10.5 Å². The van der Waals surface area contributed by atoms with Crippen LogP contribution < -0.4 is 15.8 Å². The molecule has 0 heterocycles. The van der Waals surface area contributed by atoms with Crippen LogP contribution in [-0.4, -0.2) is 25.6 Å². The molecule has 2 aromatic carbocycles. The first-order valence-electron chi connectivity index (χ1n) is 14.1. The maximum atomic E-state index is 13.0. The normalized spacial score (nSPS) is 10.6. The van der Waals surface area contributed by atoms with Crippen LogP contribution in [0.15, 0.2) is 48.5 Å². The maximum absolute atomic E-state index is 13.0. The van der Waals surface area contributed by atoms with Crippen LogP contribution in [0.5, 0.6) is 5.75 Å². The summed E-state index contributed by atoms with van der Waals surface area (Å²) in [5, 5.41) is 3.09. The minimum absolute atomic E-state index is 0. The summed E-state index contributed by atoms with van der Waals surface area (Å²) < 4.78 is 6.11. The number of rotatable bonds is 20. The zero-order chi connectivity index (χ0) is 25.0. The van der Waals surface area contributed by atoms with E-state index in [1.807, 2.05) is 36.4 Å². The molecule has 0 atom stereocenters. The number of hydrogen-bond acceptors (Lipinski definition) is 3. The molecule has 0 bridgehead atoms. The summed E-state index contributed by atoms with van der Waals surface area (Å²) >= 11 is 0. The van der Waals surface area contributed by atoms with Crippen LogP contribution in [0.1, 0.15) is 107 Å². The first-order valence-corrected chi connectivity index (χ1v) is 14.1. The van der Waals surface area contributed by atoms with E-state index in [1.54, 1.807) is 0 Å². The van der Waals surface area contributed by atoms with E-state index < -0.39 is 0 Å². The topological polar surface area (TPSA) is 64.3 Å². The Morgan fingerprint density at radius 3 is 2.03 bits per heavy atom. The Labute approximate surface area is 226 Å². The van der Waals surface area contributed by atoms with Gasteiger partial charge < -0.3 is 15.8 Å². The van der Waals surface area contributed by atoms with Crippen molar-refractivity contribution in [2.75, 3.05) is 19.7 Å². The number of benzene rings is 2. The summed E-state index contributed by atoms with van der Waals surface area (Å²) in [5.41, 5.74) is 8.32. The minimum Gasteiger partial charge on any atom is -0.493 e. The fourth-order valence-electron chi connectivity index (χ4n) is 4.34. The molecular weight excluding hydrogens is 468 g/mol. The minimum atomic E-state index is -0.0559. The molecule has 1 amide bonds. The van der Waals surface area contributed by atoms with Gasteiger partial charge in [-0.2, -0.15) is 0 Å². The second kappa shape index (κ2) is 21.1. The molecule has 2 aromatic rings. The Balaban J connectivity index is 0.00000648. The molecule has 5 heteroatoms. The van der Waals surface area contributed by atoms with Crippen LogP contribution in [0, 0.1) is 0 Å². The van der Waals surface area contributed by atoms with Crippen LogP contribution in [0.3, 0.4) is 0 Å². The van der Waals surface area contributed by atoms with Gasteiger partial charge >= 0.3 is 0 Å². The van der Waals surface area contributed by atoms with Crippen LogP contribution in [-0.2, 0) is 0 Å². The number of ether oxygens (including phenoxy) is 1. The molecule has 2 rings (SSSR count). The van der Waals surface area contributed by atoms with Gasteiger partial charge in [0.2, 0.25) is 0 Å². The third-order valence-electron chi connectivity index (χ3n) is 6.50. The fourth-order valence-corrected chi connectivity index (χ4v) is 4.34. The Morgan fingerprint density at radius 2 is 1.36 bits per heavy atom. The van der Waals surface area contributed by atoms with Crippen molar-refractivity contribution in [2.24, 2.45) is 5.73 Å². The highest BCUT2D eigenvalue weighted by atomic mass is 35.5. The van der Waals surface area contributed by atoms with Gasteiger partial charge in [-0.3, -0.25) is 4.79 Å². The summed E-state index contributed by atoms with van der Waals surface area (Å²) in [5.74, 6) is 0.626. The fraction of sp³-hybridized carbons (Fsp3) is 0.581. The van der Waals surface area contributed by atoms with Crippen molar-refractivity contribution in [1.29, 1.82) is 0 Å². The van der Waals surface area contributed by atoms with Crippen molar-refractivity contribution >= 4 is 18.3 Å². The lowest BCUT2D eigenvalue weighted by molar-refractivity contribution is 0.0948. The Bertz CT molecular complexity index is 813. The third kappa shape index (κ3) is 13.3. The number of carbonyl (C=O) groups is 1. The van der Waals surface area contributed by atoms with Crippen molar-refractivity contribution in [2.45, 2.75) is 96.8 Å². The van der Waals surface area contributed by atoms with E-state index in [0.717, 1.165) is 49.8 Å². The van der Waals surface area contributed by atoms with Crippen LogP contribution >= 0.6 is 12.4 Å². The van der Waals surface area contributed by atoms with Crippen molar-refractivity contribution in [3.63, 3.8) is 0 Å². The predicted octanol–water partition coefficient (Wildman–Crippen LogP) is 8.32. The van der Waals surface area contributed by atoms with Crippen molar-refractivity contribution < 1.29 is 9.53 Å². The lowest BCUT2D eigenvalue weighted by atomic mass is 10.0. The first kappa shape index (κ1) is 32.0. The highest BCUT2D eigenvalue weighted by molar-refractivity contribution is 5.98. The predicted molar refractivity (Wildman–Crippen MR) is 156 cm³/mol. The summed E-state index contributed by atoms with van der Waals surface area (Å²) in [6.07, 6.45) is 17.2. The van der Waals surface area contributed by atoms with Gasteiger partial charge in [-0.05, 0) is 49.1 Å². The van der Waals surface area contributed by atoms with Gasteiger partial charge in [0.15, 0.2) is 0 Å². The Morgan fingerprint density at radius 1 is 0.750 bits per heavy atom. The molecule has 0 fully saturated rings. The summed E-state index contributed by atoms with van der Waals surface area (Å²) in [7, 11) is 0. The third-order valence-corrected chi connectivity index (χ3v) is 6.50. The van der Waals surface area contributed by atoms with Gasteiger partial charge in [0.1, 0.15) is 5.75 Å². The van der Waals surface area contributed by atoms with Crippen LogP contribution in [0.4, 0.5) is 0 Å². The molecule has 202 valence electrons. The largest absolute Gasteiger partial charge is 0.493 e. The van der Waals surface area contributed by atoms with E-state index in [0.29, 0.717) is 24.5 Å². The van der Waals surface area contributed by atoms with E-state index in [-0.39, 0.29) is 18.3 Å². The van der Waals surface area contributed by atoms with Gasteiger partial charge in [0, 0.05) is 6.54 Å². The number of nitrogens with two attached hydrogens (primary N) is 1. The van der Waals surface area contributed by atoms with E-state index in [9.17, 15) is 4.79 Å². The number of nitrogens with one attached hydrogen (secondary N) is 1. The molecule has 4 nitrogen and oxygen atoms in total. The first-order chi connectivity index (χ1) is 17.3. The Hall–Kier alpha value is -2.04. The molecule has 0 aromatic heterocycles. The second-order valence-electron chi connectivity index (χ2n) is 9.57. The van der Waals surface area contributed by atoms with Gasteiger partial charge in [0.05, 0.1) is 12.2 Å². The lowest BCUT2D eigenvalue weighted by Gasteiger charge is -2.14. The second-order valence-corrected chi connectivity index (χ2v) is 9.57. The average Bonchev–Trinajstić information content (AvgIpc) is 2.89. The quantitative estimate of drug-likeness (QED) is 0.174. The van der Waals surface area contributed by atoms with Crippen LogP contribution in [0.25, 0.3) is 11.1 Å². The van der Waals surface area contributed by atoms with Crippen LogP contribution in [0.2, 0.25) is 0 Å². The number of unbranched alkanes of at least 4 members (excludes halogenated alkanes) is 12. The highest BCUT2D eigenvalue weighted by Crippen LogP contribution is 2.27. The average molecular weight is 517 g/mol. The molecule has 3 N–H and O–H groups in total. The molecule has 0 saturated carbocycles. The van der Waals surface area contributed by atoms with E-state index in [1.165, 1.54) is 57.8 Å². The molecule has 0 radical (unpaired) electrons. The number of carbonyl (C=O) groups excluding carboxylic acids is 1. The summed E-state index contributed by atoms with van der Waals surface area (Å²) in [6, 6.07) is 16.1. The molecule has 0 unspecified atom stereocenters. The molecule has 36 heavy (non-hydrogen) atoms. The van der Waals surface area contributed by atoms with Crippen molar-refractivity contribution in [1.82, 2.24) is 5.32 Å². The Kier molecular flexibility index (Phi) is 18.7. The summed E-state index contributed by atoms with van der Waals surface area (Å²) in [6.45, 7) is 4.33. The number of hydrogen-bond donors (Lipinski definition) is 2. The number of amides is 1. The molecule has 0 aliphatic carbocycles. The van der Waals surface area contributed by atoms with E-state index >= 15 is 0 Å².